The minimum absolute atomic E-state index is 0.0511. The van der Waals surface area contributed by atoms with Crippen molar-refractivity contribution in [3.05, 3.63) is 59.6 Å². The molecule has 0 radical (unpaired) electrons. The van der Waals surface area contributed by atoms with E-state index >= 15 is 0 Å². The molecular formula is C17H14ClN3O2S. The Morgan fingerprint density at radius 1 is 1.17 bits per heavy atom. The van der Waals surface area contributed by atoms with E-state index in [0.29, 0.717) is 15.9 Å². The number of amides is 2. The van der Waals surface area contributed by atoms with E-state index in [9.17, 15) is 9.59 Å². The number of thioether (sulfide) groups is 1. The highest BCUT2D eigenvalue weighted by Gasteiger charge is 2.32. The quantitative estimate of drug-likeness (QED) is 0.876. The number of anilines is 1. The summed E-state index contributed by atoms with van der Waals surface area (Å²) in [7, 11) is 0. The van der Waals surface area contributed by atoms with Crippen molar-refractivity contribution in [2.24, 2.45) is 4.99 Å². The number of aliphatic imine (C=N–C) groups is 1. The van der Waals surface area contributed by atoms with Crippen LogP contribution in [0.2, 0.25) is 5.02 Å². The minimum atomic E-state index is -0.505. The van der Waals surface area contributed by atoms with Gasteiger partial charge in [0.15, 0.2) is 5.17 Å². The zero-order chi connectivity index (χ0) is 16.9. The monoisotopic (exact) mass is 359 g/mol. The Morgan fingerprint density at radius 3 is 2.62 bits per heavy atom. The topological polar surface area (TPSA) is 70.6 Å². The number of benzene rings is 2. The molecule has 1 unspecified atom stereocenters. The molecule has 2 N–H and O–H groups in total. The third-order valence-electron chi connectivity index (χ3n) is 3.28. The number of hydrogen-bond donors (Lipinski definition) is 2. The predicted octanol–water partition coefficient (Wildman–Crippen LogP) is 3.59. The van der Waals surface area contributed by atoms with Crippen LogP contribution >= 0.6 is 23.4 Å². The lowest BCUT2D eigenvalue weighted by Gasteiger charge is -2.08. The summed E-state index contributed by atoms with van der Waals surface area (Å²) in [6, 6.07) is 16.3. The second-order valence-electron chi connectivity index (χ2n) is 5.08. The molecule has 1 atom stereocenters. The van der Waals surface area contributed by atoms with Crippen LogP contribution in [-0.4, -0.2) is 22.2 Å². The Kier molecular flexibility index (Phi) is 5.17. The Hall–Kier alpha value is -2.31. The van der Waals surface area contributed by atoms with E-state index in [0.717, 1.165) is 5.69 Å². The zero-order valence-electron chi connectivity index (χ0n) is 12.5. The average molecular weight is 360 g/mol. The number of rotatable bonds is 4. The first-order valence-electron chi connectivity index (χ1n) is 7.27. The van der Waals surface area contributed by atoms with E-state index in [1.165, 1.54) is 11.8 Å². The number of amidine groups is 1. The van der Waals surface area contributed by atoms with Gasteiger partial charge in [-0.1, -0.05) is 53.7 Å². The lowest BCUT2D eigenvalue weighted by atomic mass is 10.2. The molecule has 5 nitrogen and oxygen atoms in total. The van der Waals surface area contributed by atoms with Crippen molar-refractivity contribution in [1.29, 1.82) is 0 Å². The summed E-state index contributed by atoms with van der Waals surface area (Å²) in [5, 5.41) is 5.88. The smallest absolute Gasteiger partial charge is 0.240 e. The summed E-state index contributed by atoms with van der Waals surface area (Å²) in [4.78, 5) is 28.5. The van der Waals surface area contributed by atoms with Crippen molar-refractivity contribution in [2.75, 3.05) is 5.32 Å². The van der Waals surface area contributed by atoms with Crippen LogP contribution in [0.15, 0.2) is 59.6 Å². The third kappa shape index (κ3) is 4.15. The molecule has 2 amide bonds. The first-order valence-corrected chi connectivity index (χ1v) is 8.53. The minimum Gasteiger partial charge on any atom is -0.325 e. The first-order chi connectivity index (χ1) is 11.6. The molecular weight excluding hydrogens is 346 g/mol. The van der Waals surface area contributed by atoms with Gasteiger partial charge >= 0.3 is 0 Å². The molecule has 0 bridgehead atoms. The van der Waals surface area contributed by atoms with Crippen LogP contribution in [0.5, 0.6) is 0 Å². The van der Waals surface area contributed by atoms with Crippen molar-refractivity contribution < 1.29 is 9.59 Å². The Labute approximate surface area is 148 Å². The highest BCUT2D eigenvalue weighted by atomic mass is 35.5. The lowest BCUT2D eigenvalue weighted by Crippen LogP contribution is -2.28. The molecule has 0 aliphatic carbocycles. The fraction of sp³-hybridized carbons (Fsp3) is 0.118. The number of carbonyl (C=O) groups is 2. The van der Waals surface area contributed by atoms with Crippen LogP contribution in [-0.2, 0) is 9.59 Å². The van der Waals surface area contributed by atoms with Gasteiger partial charge < -0.3 is 10.6 Å². The Morgan fingerprint density at radius 2 is 1.88 bits per heavy atom. The van der Waals surface area contributed by atoms with Gasteiger partial charge in [-0.25, -0.2) is 4.99 Å². The summed E-state index contributed by atoms with van der Waals surface area (Å²) in [6.45, 7) is 0. The maximum absolute atomic E-state index is 12.1. The third-order valence-corrected chi connectivity index (χ3v) is 4.69. The Balaban J connectivity index is 1.62. The Bertz CT molecular complexity index is 795. The number of halogens is 1. The molecule has 2 aromatic rings. The van der Waals surface area contributed by atoms with Gasteiger partial charge in [-0.05, 0) is 24.3 Å². The largest absolute Gasteiger partial charge is 0.325 e. The van der Waals surface area contributed by atoms with Gasteiger partial charge in [0.1, 0.15) is 5.25 Å². The molecule has 0 saturated carbocycles. The van der Waals surface area contributed by atoms with Crippen LogP contribution < -0.4 is 10.6 Å². The van der Waals surface area contributed by atoms with E-state index in [-0.39, 0.29) is 18.2 Å². The number of nitrogens with zero attached hydrogens (tertiary/aromatic N) is 1. The van der Waals surface area contributed by atoms with Gasteiger partial charge in [0.2, 0.25) is 11.8 Å². The van der Waals surface area contributed by atoms with Crippen molar-refractivity contribution in [3.63, 3.8) is 0 Å². The van der Waals surface area contributed by atoms with E-state index in [2.05, 4.69) is 15.6 Å². The van der Waals surface area contributed by atoms with Gasteiger partial charge in [-0.15, -0.1) is 0 Å². The maximum Gasteiger partial charge on any atom is 0.240 e. The number of hydrogen-bond acceptors (Lipinski definition) is 4. The SMILES string of the molecule is O=C(CC1SC(=Nc2ccccc2)NC1=O)Nc1ccccc1Cl. The first kappa shape index (κ1) is 16.5. The molecule has 1 saturated heterocycles. The second-order valence-corrected chi connectivity index (χ2v) is 6.68. The van der Waals surface area contributed by atoms with Gasteiger partial charge in [0, 0.05) is 6.42 Å². The number of para-hydroxylation sites is 2. The van der Waals surface area contributed by atoms with Gasteiger partial charge in [0.25, 0.3) is 0 Å². The molecule has 1 aliphatic rings. The van der Waals surface area contributed by atoms with Crippen molar-refractivity contribution in [2.45, 2.75) is 11.7 Å². The second kappa shape index (κ2) is 7.51. The van der Waals surface area contributed by atoms with E-state index in [1.807, 2.05) is 30.3 Å². The summed E-state index contributed by atoms with van der Waals surface area (Å²) in [5.74, 6) is -0.485. The fourth-order valence-corrected chi connectivity index (χ4v) is 3.32. The van der Waals surface area contributed by atoms with Crippen LogP contribution in [0.1, 0.15) is 6.42 Å². The maximum atomic E-state index is 12.1. The molecule has 122 valence electrons. The molecule has 0 spiro atoms. The van der Waals surface area contributed by atoms with Crippen LogP contribution in [0.4, 0.5) is 11.4 Å². The van der Waals surface area contributed by atoms with Gasteiger partial charge in [-0.2, -0.15) is 0 Å². The molecule has 0 aromatic heterocycles. The highest BCUT2D eigenvalue weighted by molar-refractivity contribution is 8.15. The highest BCUT2D eigenvalue weighted by Crippen LogP contribution is 2.26. The van der Waals surface area contributed by atoms with Gasteiger partial charge in [0.05, 0.1) is 16.4 Å². The molecule has 3 rings (SSSR count). The van der Waals surface area contributed by atoms with E-state index in [4.69, 9.17) is 11.6 Å². The van der Waals surface area contributed by atoms with Crippen molar-refractivity contribution >= 4 is 51.7 Å². The van der Waals surface area contributed by atoms with Crippen LogP contribution in [0.25, 0.3) is 0 Å². The molecule has 24 heavy (non-hydrogen) atoms. The summed E-state index contributed by atoms with van der Waals surface area (Å²) < 4.78 is 0. The summed E-state index contributed by atoms with van der Waals surface area (Å²) in [6.07, 6.45) is 0.0511. The average Bonchev–Trinajstić information content (AvgIpc) is 2.90. The van der Waals surface area contributed by atoms with Crippen LogP contribution in [0.3, 0.4) is 0 Å². The number of carbonyl (C=O) groups excluding carboxylic acids is 2. The van der Waals surface area contributed by atoms with Crippen LogP contribution in [0, 0.1) is 0 Å². The number of nitrogens with one attached hydrogen (secondary N) is 2. The van der Waals surface area contributed by atoms with E-state index < -0.39 is 5.25 Å². The summed E-state index contributed by atoms with van der Waals surface area (Å²) >= 11 is 7.26. The molecule has 7 heteroatoms. The normalized spacial score (nSPS) is 18.5. The van der Waals surface area contributed by atoms with E-state index in [1.54, 1.807) is 24.3 Å². The van der Waals surface area contributed by atoms with Gasteiger partial charge in [-0.3, -0.25) is 9.59 Å². The summed E-state index contributed by atoms with van der Waals surface area (Å²) in [5.41, 5.74) is 1.28. The van der Waals surface area contributed by atoms with Crippen molar-refractivity contribution in [1.82, 2.24) is 5.32 Å². The van der Waals surface area contributed by atoms with Crippen molar-refractivity contribution in [3.8, 4) is 0 Å². The molecule has 1 aliphatic heterocycles. The fourth-order valence-electron chi connectivity index (χ4n) is 2.14. The lowest BCUT2D eigenvalue weighted by molar-refractivity contribution is -0.122. The molecule has 1 heterocycles. The predicted molar refractivity (Wildman–Crippen MR) is 97.8 cm³/mol. The standard InChI is InChI=1S/C17H14ClN3O2S/c18-12-8-4-5-9-13(12)20-15(22)10-14-16(23)21-17(24-14)19-11-6-2-1-3-7-11/h1-9,14H,10H2,(H,20,22)(H,19,21,23). The zero-order valence-corrected chi connectivity index (χ0v) is 14.1. The molecule has 1 fully saturated rings. The molecule has 2 aromatic carbocycles.